The fourth-order valence-electron chi connectivity index (χ4n) is 1.85. The predicted molar refractivity (Wildman–Crippen MR) is 84.3 cm³/mol. The van der Waals surface area contributed by atoms with Crippen LogP contribution in [0.5, 0.6) is 0 Å². The summed E-state index contributed by atoms with van der Waals surface area (Å²) in [4.78, 5) is 0.207. The summed E-state index contributed by atoms with van der Waals surface area (Å²) < 4.78 is 27.9. The van der Waals surface area contributed by atoms with Crippen LogP contribution >= 0.6 is 27.5 Å². The summed E-state index contributed by atoms with van der Waals surface area (Å²) >= 11 is 9.33. The van der Waals surface area contributed by atoms with Gasteiger partial charge in [0.1, 0.15) is 0 Å². The Morgan fingerprint density at radius 2 is 1.70 bits per heavy atom. The highest BCUT2D eigenvalue weighted by molar-refractivity contribution is 9.10. The molecule has 3 nitrogen and oxygen atoms in total. The first kappa shape index (κ1) is 15.5. The standard InChI is InChI=1S/C14H13BrClNO2S/c1-10(11-6-2-4-8-13(11)16)17-20(18,19)14-9-5-3-7-12(14)15/h2-10,17H,1H3/t10-/m1/s1. The molecule has 2 rings (SSSR count). The van der Waals surface area contributed by atoms with E-state index < -0.39 is 16.1 Å². The lowest BCUT2D eigenvalue weighted by Gasteiger charge is -2.16. The van der Waals surface area contributed by atoms with E-state index in [0.29, 0.717) is 9.50 Å². The van der Waals surface area contributed by atoms with Gasteiger partial charge in [-0.15, -0.1) is 0 Å². The van der Waals surface area contributed by atoms with Crippen LogP contribution < -0.4 is 4.72 Å². The van der Waals surface area contributed by atoms with Crippen LogP contribution in [0.4, 0.5) is 0 Å². The fraction of sp³-hybridized carbons (Fsp3) is 0.143. The van der Waals surface area contributed by atoms with Crippen molar-refractivity contribution < 1.29 is 8.42 Å². The molecule has 1 N–H and O–H groups in total. The molecule has 0 aromatic heterocycles. The van der Waals surface area contributed by atoms with E-state index in [-0.39, 0.29) is 4.90 Å². The Morgan fingerprint density at radius 1 is 1.10 bits per heavy atom. The molecule has 0 fully saturated rings. The number of halogens is 2. The highest BCUT2D eigenvalue weighted by Crippen LogP contribution is 2.26. The van der Waals surface area contributed by atoms with E-state index in [2.05, 4.69) is 20.7 Å². The minimum absolute atomic E-state index is 0.207. The molecule has 106 valence electrons. The highest BCUT2D eigenvalue weighted by Gasteiger charge is 2.21. The SMILES string of the molecule is C[C@@H](NS(=O)(=O)c1ccccc1Br)c1ccccc1Cl. The Morgan fingerprint density at radius 3 is 2.35 bits per heavy atom. The van der Waals surface area contributed by atoms with Gasteiger partial charge in [0.2, 0.25) is 10.0 Å². The van der Waals surface area contributed by atoms with E-state index >= 15 is 0 Å². The summed E-state index contributed by atoms with van der Waals surface area (Å²) in [5, 5.41) is 0.537. The molecule has 2 aromatic carbocycles. The molecule has 0 aliphatic rings. The van der Waals surface area contributed by atoms with E-state index in [1.54, 1.807) is 49.4 Å². The van der Waals surface area contributed by atoms with Crippen LogP contribution in [0.1, 0.15) is 18.5 Å². The first-order valence-corrected chi connectivity index (χ1v) is 8.58. The van der Waals surface area contributed by atoms with E-state index in [1.807, 2.05) is 6.07 Å². The third kappa shape index (κ3) is 3.41. The van der Waals surface area contributed by atoms with Crippen molar-refractivity contribution in [2.24, 2.45) is 0 Å². The van der Waals surface area contributed by atoms with Crippen LogP contribution in [-0.4, -0.2) is 8.42 Å². The van der Waals surface area contributed by atoms with Crippen molar-refractivity contribution in [3.05, 3.63) is 63.6 Å². The molecular weight excluding hydrogens is 362 g/mol. The van der Waals surface area contributed by atoms with Gasteiger partial charge in [-0.1, -0.05) is 41.9 Å². The Labute approximate surface area is 132 Å². The maximum atomic E-state index is 12.4. The number of hydrogen-bond donors (Lipinski definition) is 1. The zero-order valence-corrected chi connectivity index (χ0v) is 13.8. The quantitative estimate of drug-likeness (QED) is 0.874. The number of rotatable bonds is 4. The fourth-order valence-corrected chi connectivity index (χ4v) is 4.37. The van der Waals surface area contributed by atoms with Crippen LogP contribution in [0.3, 0.4) is 0 Å². The van der Waals surface area contributed by atoms with Gasteiger partial charge in [-0.25, -0.2) is 13.1 Å². The number of nitrogens with one attached hydrogen (secondary N) is 1. The molecule has 0 aliphatic carbocycles. The minimum atomic E-state index is -3.61. The average molecular weight is 375 g/mol. The van der Waals surface area contributed by atoms with Crippen molar-refractivity contribution >= 4 is 37.6 Å². The van der Waals surface area contributed by atoms with Gasteiger partial charge in [0.15, 0.2) is 0 Å². The second kappa shape index (κ2) is 6.26. The molecule has 6 heteroatoms. The highest BCUT2D eigenvalue weighted by atomic mass is 79.9. The molecular formula is C14H13BrClNO2S. The van der Waals surface area contributed by atoms with E-state index in [1.165, 1.54) is 0 Å². The molecule has 0 spiro atoms. The Kier molecular flexibility index (Phi) is 4.86. The Hall–Kier alpha value is -0.880. The van der Waals surface area contributed by atoms with E-state index in [4.69, 9.17) is 11.6 Å². The monoisotopic (exact) mass is 373 g/mol. The van der Waals surface area contributed by atoms with E-state index in [9.17, 15) is 8.42 Å². The molecule has 0 unspecified atom stereocenters. The number of benzene rings is 2. The minimum Gasteiger partial charge on any atom is -0.207 e. The van der Waals surface area contributed by atoms with Crippen LogP contribution in [0.2, 0.25) is 5.02 Å². The normalized spacial score (nSPS) is 13.2. The van der Waals surface area contributed by atoms with Crippen molar-refractivity contribution in [2.45, 2.75) is 17.9 Å². The van der Waals surface area contributed by atoms with Crippen molar-refractivity contribution in [3.63, 3.8) is 0 Å². The van der Waals surface area contributed by atoms with Gasteiger partial charge in [0, 0.05) is 15.5 Å². The van der Waals surface area contributed by atoms with Crippen molar-refractivity contribution in [3.8, 4) is 0 Å². The smallest absolute Gasteiger partial charge is 0.207 e. The third-order valence-electron chi connectivity index (χ3n) is 2.83. The largest absolute Gasteiger partial charge is 0.242 e. The van der Waals surface area contributed by atoms with Gasteiger partial charge < -0.3 is 0 Å². The van der Waals surface area contributed by atoms with Gasteiger partial charge in [0.25, 0.3) is 0 Å². The average Bonchev–Trinajstić information content (AvgIpc) is 2.38. The summed E-state index contributed by atoms with van der Waals surface area (Å²) in [5.74, 6) is 0. The lowest BCUT2D eigenvalue weighted by molar-refractivity contribution is 0.566. The number of sulfonamides is 1. The van der Waals surface area contributed by atoms with Crippen LogP contribution in [0.25, 0.3) is 0 Å². The van der Waals surface area contributed by atoms with Crippen molar-refractivity contribution in [1.29, 1.82) is 0 Å². The molecule has 0 heterocycles. The second-order valence-corrected chi connectivity index (χ2v) is 7.24. The topological polar surface area (TPSA) is 46.2 Å². The molecule has 0 saturated heterocycles. The van der Waals surface area contributed by atoms with Gasteiger partial charge in [-0.3, -0.25) is 0 Å². The first-order chi connectivity index (χ1) is 9.42. The summed E-state index contributed by atoms with van der Waals surface area (Å²) in [7, 11) is -3.61. The lowest BCUT2D eigenvalue weighted by atomic mass is 10.1. The zero-order valence-electron chi connectivity index (χ0n) is 10.7. The van der Waals surface area contributed by atoms with Gasteiger partial charge in [-0.05, 0) is 46.6 Å². The molecule has 0 aliphatic heterocycles. The van der Waals surface area contributed by atoms with Crippen LogP contribution in [-0.2, 0) is 10.0 Å². The summed E-state index contributed by atoms with van der Waals surface area (Å²) in [6, 6.07) is 13.4. The first-order valence-electron chi connectivity index (χ1n) is 5.93. The third-order valence-corrected chi connectivity index (χ3v) is 5.73. The molecule has 20 heavy (non-hydrogen) atoms. The number of hydrogen-bond acceptors (Lipinski definition) is 2. The van der Waals surface area contributed by atoms with Gasteiger partial charge in [-0.2, -0.15) is 0 Å². The summed E-state index contributed by atoms with van der Waals surface area (Å²) in [6.07, 6.45) is 0. The molecule has 0 amide bonds. The maximum Gasteiger partial charge on any atom is 0.242 e. The van der Waals surface area contributed by atoms with Crippen molar-refractivity contribution in [1.82, 2.24) is 4.72 Å². The molecule has 0 bridgehead atoms. The Balaban J connectivity index is 2.30. The summed E-state index contributed by atoms with van der Waals surface area (Å²) in [6.45, 7) is 1.76. The maximum absolute atomic E-state index is 12.4. The van der Waals surface area contributed by atoms with Gasteiger partial charge in [0.05, 0.1) is 4.90 Å². The van der Waals surface area contributed by atoms with E-state index in [0.717, 1.165) is 5.56 Å². The van der Waals surface area contributed by atoms with Crippen LogP contribution in [0.15, 0.2) is 57.9 Å². The summed E-state index contributed by atoms with van der Waals surface area (Å²) in [5.41, 5.74) is 0.741. The molecule has 2 aromatic rings. The molecule has 0 radical (unpaired) electrons. The van der Waals surface area contributed by atoms with Gasteiger partial charge >= 0.3 is 0 Å². The lowest BCUT2D eigenvalue weighted by Crippen LogP contribution is -2.27. The van der Waals surface area contributed by atoms with Crippen molar-refractivity contribution in [2.75, 3.05) is 0 Å². The molecule has 1 atom stereocenters. The predicted octanol–water partition coefficient (Wildman–Crippen LogP) is 4.14. The second-order valence-electron chi connectivity index (χ2n) is 4.29. The van der Waals surface area contributed by atoms with Crippen LogP contribution in [0, 0.1) is 0 Å². The Bertz CT molecular complexity index is 719. The zero-order chi connectivity index (χ0) is 14.8. The molecule has 0 saturated carbocycles.